The van der Waals surface area contributed by atoms with E-state index < -0.39 is 28.2 Å². The molecular weight excluding hydrogens is 1090 g/mol. The molecule has 0 radical (unpaired) electrons. The summed E-state index contributed by atoms with van der Waals surface area (Å²) in [7, 11) is 3.32. The van der Waals surface area contributed by atoms with Crippen molar-refractivity contribution in [3.8, 4) is 11.5 Å². The van der Waals surface area contributed by atoms with Crippen LogP contribution in [0, 0.1) is 0 Å². The number of anilines is 3. The summed E-state index contributed by atoms with van der Waals surface area (Å²) in [4.78, 5) is 60.9. The van der Waals surface area contributed by atoms with Crippen molar-refractivity contribution >= 4 is 69.0 Å². The first-order valence-electron chi connectivity index (χ1n) is 28.3. The van der Waals surface area contributed by atoms with Gasteiger partial charge in [0.15, 0.2) is 5.78 Å². The van der Waals surface area contributed by atoms with E-state index in [2.05, 4.69) is 109 Å². The van der Waals surface area contributed by atoms with E-state index >= 15 is 0 Å². The molecule has 1 saturated heterocycles. The first-order chi connectivity index (χ1) is 40.4. The minimum atomic E-state index is -0.906. The second-order valence-electron chi connectivity index (χ2n) is 22.9. The Hall–Kier alpha value is -8.46. The van der Waals surface area contributed by atoms with Gasteiger partial charge in [0.25, 0.3) is 5.91 Å². The molecule has 6 aromatic rings. The number of carbonyl (C=O) groups excluding carboxylic acids is 2. The zero-order chi connectivity index (χ0) is 59.3. The predicted octanol–water partition coefficient (Wildman–Crippen LogP) is 13.1. The highest BCUT2D eigenvalue weighted by Crippen LogP contribution is 2.54. The molecule has 0 aliphatic carbocycles. The monoisotopic (exact) mass is 1160 g/mol. The number of Topliss-reactive ketones (excluding diaryl/α,β-unsaturated/α-hetero) is 1. The lowest BCUT2D eigenvalue weighted by Crippen LogP contribution is -2.41. The molecule has 4 aliphatic rings. The summed E-state index contributed by atoms with van der Waals surface area (Å²) < 4.78 is 11.8. The van der Waals surface area contributed by atoms with Crippen molar-refractivity contribution in [2.24, 2.45) is 0 Å². The molecule has 14 heteroatoms. The zero-order valence-corrected chi connectivity index (χ0v) is 49.9. The van der Waals surface area contributed by atoms with Crippen LogP contribution in [0.1, 0.15) is 79.5 Å². The van der Waals surface area contributed by atoms with Gasteiger partial charge in [0.2, 0.25) is 0 Å². The number of benzene rings is 6. The third-order valence-corrected chi connectivity index (χ3v) is 18.2. The largest absolute Gasteiger partial charge is 0.497 e. The fourth-order valence-corrected chi connectivity index (χ4v) is 13.8. The SMILES string of the molecule is COc1ccc2c(c1)C(C)(C)/C(=C/C=C1/SC(=S)N(CC(=O)Cc3ccc4c(c3)C(C)(C)C(/C=C/C=C/C=C3/N(CCC(=O)O)c5ccc(OC)cc5C3(Cc3ccccc3)Cc3ccccc3)N4CCC(=O)O)C1=O)N2Cc1ccccc1. The van der Waals surface area contributed by atoms with E-state index in [9.17, 15) is 29.4 Å². The molecule has 4 aliphatic heterocycles. The summed E-state index contributed by atoms with van der Waals surface area (Å²) in [6, 6.07) is 48.8. The smallest absolute Gasteiger partial charge is 0.305 e. The lowest BCUT2D eigenvalue weighted by Gasteiger charge is -2.34. The number of rotatable bonds is 22. The van der Waals surface area contributed by atoms with E-state index in [0.717, 1.165) is 73.1 Å². The predicted molar refractivity (Wildman–Crippen MR) is 339 cm³/mol. The molecule has 0 aromatic heterocycles. The molecular formula is C70H70N4O8S2. The van der Waals surface area contributed by atoms with E-state index in [1.54, 1.807) is 14.2 Å². The molecule has 2 N–H and O–H groups in total. The Bertz CT molecular complexity index is 3620. The number of thioether (sulfide) groups is 1. The summed E-state index contributed by atoms with van der Waals surface area (Å²) in [5, 5.41) is 20.0. The number of carboxylic acids is 2. The first kappa shape index (κ1) is 58.7. The van der Waals surface area contributed by atoms with Crippen LogP contribution in [0.5, 0.6) is 11.5 Å². The minimum absolute atomic E-state index is 0.0662. The second kappa shape index (κ2) is 24.8. The third-order valence-electron chi connectivity index (χ3n) is 16.8. The van der Waals surface area contributed by atoms with Crippen molar-refractivity contribution in [2.75, 3.05) is 48.6 Å². The molecule has 6 aromatic carbocycles. The van der Waals surface area contributed by atoms with Crippen LogP contribution in [0.3, 0.4) is 0 Å². The third kappa shape index (κ3) is 12.0. The van der Waals surface area contributed by atoms with Gasteiger partial charge in [-0.2, -0.15) is 0 Å². The second-order valence-corrected chi connectivity index (χ2v) is 24.6. The molecule has 0 saturated carbocycles. The summed E-state index contributed by atoms with van der Waals surface area (Å²) in [6.07, 6.45) is 15.2. The van der Waals surface area contributed by atoms with Crippen molar-refractivity contribution < 1.29 is 38.9 Å². The van der Waals surface area contributed by atoms with Crippen molar-refractivity contribution in [1.82, 2.24) is 4.90 Å². The first-order valence-corrected chi connectivity index (χ1v) is 29.6. The summed E-state index contributed by atoms with van der Waals surface area (Å²) >= 11 is 6.95. The number of amides is 1. The topological polar surface area (TPSA) is 140 Å². The fourth-order valence-electron chi connectivity index (χ4n) is 12.6. The van der Waals surface area contributed by atoms with Gasteiger partial charge in [0, 0.05) is 70.8 Å². The maximum atomic E-state index is 14.1. The molecule has 0 bridgehead atoms. The van der Waals surface area contributed by atoms with Gasteiger partial charge in [0.1, 0.15) is 15.8 Å². The summed E-state index contributed by atoms with van der Waals surface area (Å²) in [5.41, 5.74) is 10.7. The maximum Gasteiger partial charge on any atom is 0.305 e. The molecule has 1 amide bonds. The molecule has 1 unspecified atom stereocenters. The van der Waals surface area contributed by atoms with Gasteiger partial charge >= 0.3 is 11.9 Å². The highest BCUT2D eigenvalue weighted by Gasteiger charge is 2.48. The Kier molecular flexibility index (Phi) is 17.3. The van der Waals surface area contributed by atoms with Crippen molar-refractivity contribution in [1.29, 1.82) is 0 Å². The van der Waals surface area contributed by atoms with Gasteiger partial charge in [-0.3, -0.25) is 24.1 Å². The number of allylic oxidation sites excluding steroid dienone is 8. The molecule has 0 spiro atoms. The quantitative estimate of drug-likeness (QED) is 0.0379. The van der Waals surface area contributed by atoms with Crippen LogP contribution in [0.2, 0.25) is 0 Å². The van der Waals surface area contributed by atoms with Gasteiger partial charge in [-0.05, 0) is 112 Å². The number of ketones is 1. The van der Waals surface area contributed by atoms with Gasteiger partial charge in [0.05, 0.1) is 44.6 Å². The number of hydrogen-bond donors (Lipinski definition) is 2. The van der Waals surface area contributed by atoms with E-state index in [4.69, 9.17) is 21.7 Å². The number of carbonyl (C=O) groups is 4. The van der Waals surface area contributed by atoms with Crippen LogP contribution in [-0.4, -0.2) is 83.0 Å². The normalized spacial score (nSPS) is 18.8. The molecule has 84 heavy (non-hydrogen) atoms. The van der Waals surface area contributed by atoms with Gasteiger partial charge in [-0.15, -0.1) is 0 Å². The molecule has 4 heterocycles. The molecule has 1 atom stereocenters. The number of nitrogens with zero attached hydrogens (tertiary/aromatic N) is 4. The highest BCUT2D eigenvalue weighted by atomic mass is 32.2. The number of methoxy groups -OCH3 is 2. The highest BCUT2D eigenvalue weighted by molar-refractivity contribution is 8.26. The maximum absolute atomic E-state index is 14.1. The number of fused-ring (bicyclic) bond motifs is 3. The Labute approximate surface area is 502 Å². The van der Waals surface area contributed by atoms with Crippen LogP contribution >= 0.6 is 24.0 Å². The van der Waals surface area contributed by atoms with Crippen molar-refractivity contribution in [3.63, 3.8) is 0 Å². The van der Waals surface area contributed by atoms with Crippen LogP contribution in [0.15, 0.2) is 204 Å². The van der Waals surface area contributed by atoms with Crippen LogP contribution in [-0.2, 0) is 61.2 Å². The van der Waals surface area contributed by atoms with Crippen LogP contribution < -0.4 is 24.2 Å². The fraction of sp³-hybridized carbons (Fsp3) is 0.271. The average molecular weight is 1160 g/mol. The van der Waals surface area contributed by atoms with Gasteiger partial charge in [-0.1, -0.05) is 179 Å². The average Bonchev–Trinajstić information content (AvgIpc) is 1.89. The number of carboxylic acid groups (broad SMARTS) is 2. The molecule has 10 rings (SSSR count). The van der Waals surface area contributed by atoms with Crippen LogP contribution in [0.4, 0.5) is 17.1 Å². The molecule has 12 nitrogen and oxygen atoms in total. The summed E-state index contributed by atoms with van der Waals surface area (Å²) in [5.74, 6) is -0.791. The van der Waals surface area contributed by atoms with Gasteiger partial charge < -0.3 is 34.4 Å². The minimum Gasteiger partial charge on any atom is -0.497 e. The lowest BCUT2D eigenvalue weighted by molar-refractivity contribution is -0.137. The van der Waals surface area contributed by atoms with E-state index in [0.29, 0.717) is 34.4 Å². The standard InChI is InChI=1S/C70H70N4O8S2/c1-68(2)54-40-50(39-51(75)46-74-66(80)60(84-67(74)83)33-34-62-69(3,4)55-41-52(81-5)28-31-58(55)73(62)45-49-23-15-9-16-24-49)27-30-57(54)71(37-35-64(76)77)61(68)25-17-10-18-26-63-70(43-47-19-11-7-12-20-47,44-48-21-13-8-14-22-48)56-42-53(82-6)29-32-59(56)72(63)38-36-65(78)79/h7-34,40-42,61H,35-39,43-46H2,1-6H3,(H,76,77)(H,78,79)/b18-10+,25-17+,60-33+,62-34-,63-26+. The Morgan fingerprint density at radius 2 is 1.17 bits per heavy atom. The summed E-state index contributed by atoms with van der Waals surface area (Å²) in [6.45, 7) is 9.59. The number of ether oxygens (including phenoxy) is 2. The number of thiocarbonyl (C=S) groups is 1. The Balaban J connectivity index is 0.891. The van der Waals surface area contributed by atoms with Crippen LogP contribution in [0.25, 0.3) is 0 Å². The number of aliphatic carboxylic acids is 2. The Morgan fingerprint density at radius 3 is 1.77 bits per heavy atom. The molecule has 430 valence electrons. The zero-order valence-electron chi connectivity index (χ0n) is 48.3. The van der Waals surface area contributed by atoms with E-state index in [-0.39, 0.29) is 56.6 Å². The van der Waals surface area contributed by atoms with Crippen molar-refractivity contribution in [2.45, 2.75) is 88.6 Å². The van der Waals surface area contributed by atoms with Gasteiger partial charge in [-0.25, -0.2) is 0 Å². The van der Waals surface area contributed by atoms with Crippen molar-refractivity contribution in [3.05, 3.63) is 243 Å². The van der Waals surface area contributed by atoms with E-state index in [1.807, 2.05) is 121 Å². The van der Waals surface area contributed by atoms with E-state index in [1.165, 1.54) is 16.7 Å². The molecule has 1 fully saturated rings. The lowest BCUT2D eigenvalue weighted by atomic mass is 9.70. The Morgan fingerprint density at radius 1 is 0.595 bits per heavy atom. The number of hydrogen-bond acceptors (Lipinski definition) is 11.